The van der Waals surface area contributed by atoms with Crippen LogP contribution in [0.15, 0.2) is 24.3 Å². The van der Waals surface area contributed by atoms with E-state index in [1.807, 2.05) is 0 Å². The zero-order chi connectivity index (χ0) is 12.0. The molecule has 0 aliphatic carbocycles. The molecule has 0 saturated carbocycles. The number of Topliss-reactive ketones (excluding diaryl/α,β-unsaturated/α-hetero) is 1. The minimum absolute atomic E-state index is 0.0181. The molecule has 1 aromatic carbocycles. The second kappa shape index (κ2) is 6.02. The van der Waals surface area contributed by atoms with Crippen LogP contribution in [0.2, 0.25) is 0 Å². The number of carbonyl (C=O) groups is 2. The first-order chi connectivity index (χ1) is 7.61. The summed E-state index contributed by atoms with van der Waals surface area (Å²) >= 11 is 0. The van der Waals surface area contributed by atoms with Crippen molar-refractivity contribution in [1.29, 1.82) is 0 Å². The fraction of sp³-hybridized carbons (Fsp3) is 0.333. The molecule has 86 valence electrons. The summed E-state index contributed by atoms with van der Waals surface area (Å²) in [6.07, 6.45) is 0.341. The van der Waals surface area contributed by atoms with Crippen molar-refractivity contribution in [2.75, 3.05) is 0 Å². The van der Waals surface area contributed by atoms with E-state index in [4.69, 9.17) is 10.5 Å². The molecule has 0 aliphatic heterocycles. The average Bonchev–Trinajstić information content (AvgIpc) is 2.27. The van der Waals surface area contributed by atoms with Gasteiger partial charge in [-0.25, -0.2) is 0 Å². The molecule has 0 fully saturated rings. The second-order valence-electron chi connectivity index (χ2n) is 3.52. The Morgan fingerprint density at radius 2 is 1.81 bits per heavy atom. The Labute approximate surface area is 94.4 Å². The number of rotatable bonds is 5. The molecule has 2 N–H and O–H groups in total. The number of nitrogens with two attached hydrogens (primary N) is 1. The lowest BCUT2D eigenvalue weighted by atomic mass is 10.2. The standard InChI is InChI=1S/C12H15NO3/c1-9(14)2-7-12(15)16-11-5-3-10(8-13)4-6-11/h3-6H,2,7-8,13H2,1H3. The summed E-state index contributed by atoms with van der Waals surface area (Å²) in [5.41, 5.74) is 6.41. The minimum atomic E-state index is -0.393. The third kappa shape index (κ3) is 4.23. The van der Waals surface area contributed by atoms with Crippen LogP contribution in [0, 0.1) is 0 Å². The van der Waals surface area contributed by atoms with Gasteiger partial charge in [-0.05, 0) is 24.6 Å². The quantitative estimate of drug-likeness (QED) is 0.603. The lowest BCUT2D eigenvalue weighted by Crippen LogP contribution is -2.09. The molecule has 4 nitrogen and oxygen atoms in total. The van der Waals surface area contributed by atoms with Gasteiger partial charge in [0.2, 0.25) is 0 Å². The topological polar surface area (TPSA) is 69.4 Å². The highest BCUT2D eigenvalue weighted by Crippen LogP contribution is 2.12. The van der Waals surface area contributed by atoms with Crippen LogP contribution in [0.1, 0.15) is 25.3 Å². The molecule has 16 heavy (non-hydrogen) atoms. The van der Waals surface area contributed by atoms with Gasteiger partial charge in [0.1, 0.15) is 11.5 Å². The van der Waals surface area contributed by atoms with E-state index in [2.05, 4.69) is 0 Å². The van der Waals surface area contributed by atoms with E-state index in [0.717, 1.165) is 5.56 Å². The van der Waals surface area contributed by atoms with Gasteiger partial charge in [0.05, 0.1) is 6.42 Å². The van der Waals surface area contributed by atoms with E-state index in [-0.39, 0.29) is 18.6 Å². The van der Waals surface area contributed by atoms with Crippen molar-refractivity contribution in [1.82, 2.24) is 0 Å². The lowest BCUT2D eigenvalue weighted by Gasteiger charge is -2.04. The van der Waals surface area contributed by atoms with Crippen LogP contribution in [0.3, 0.4) is 0 Å². The Bertz CT molecular complexity index is 370. The summed E-state index contributed by atoms with van der Waals surface area (Å²) < 4.78 is 5.03. The molecule has 0 amide bonds. The zero-order valence-electron chi connectivity index (χ0n) is 9.23. The normalized spacial score (nSPS) is 9.88. The van der Waals surface area contributed by atoms with Gasteiger partial charge in [0, 0.05) is 13.0 Å². The monoisotopic (exact) mass is 221 g/mol. The fourth-order valence-corrected chi connectivity index (χ4v) is 1.15. The Kier molecular flexibility index (Phi) is 4.66. The van der Waals surface area contributed by atoms with E-state index in [9.17, 15) is 9.59 Å². The predicted molar refractivity (Wildman–Crippen MR) is 59.9 cm³/mol. The van der Waals surface area contributed by atoms with Crippen molar-refractivity contribution >= 4 is 11.8 Å². The maximum atomic E-state index is 11.3. The van der Waals surface area contributed by atoms with Crippen molar-refractivity contribution in [3.63, 3.8) is 0 Å². The molecule has 0 bridgehead atoms. The SMILES string of the molecule is CC(=O)CCC(=O)Oc1ccc(CN)cc1. The summed E-state index contributed by atoms with van der Waals surface area (Å²) in [5.74, 6) is 0.0666. The van der Waals surface area contributed by atoms with Crippen molar-refractivity contribution in [3.05, 3.63) is 29.8 Å². The smallest absolute Gasteiger partial charge is 0.311 e. The van der Waals surface area contributed by atoms with Gasteiger partial charge in [-0.2, -0.15) is 0 Å². The maximum absolute atomic E-state index is 11.3. The predicted octanol–water partition coefficient (Wildman–Crippen LogP) is 1.42. The maximum Gasteiger partial charge on any atom is 0.311 e. The molecule has 1 rings (SSSR count). The highest BCUT2D eigenvalue weighted by atomic mass is 16.5. The Balaban J connectivity index is 2.46. The van der Waals surface area contributed by atoms with Crippen molar-refractivity contribution in [2.45, 2.75) is 26.3 Å². The van der Waals surface area contributed by atoms with Gasteiger partial charge >= 0.3 is 5.97 Å². The number of hydrogen-bond donors (Lipinski definition) is 1. The van der Waals surface area contributed by atoms with Gasteiger partial charge in [-0.1, -0.05) is 12.1 Å². The van der Waals surface area contributed by atoms with Crippen molar-refractivity contribution in [2.24, 2.45) is 5.73 Å². The van der Waals surface area contributed by atoms with Crippen LogP contribution in [0.4, 0.5) is 0 Å². The summed E-state index contributed by atoms with van der Waals surface area (Å²) in [6.45, 7) is 1.90. The molecule has 4 heteroatoms. The summed E-state index contributed by atoms with van der Waals surface area (Å²) in [7, 11) is 0. The van der Waals surface area contributed by atoms with Crippen molar-refractivity contribution < 1.29 is 14.3 Å². The molecule has 1 aromatic rings. The first-order valence-electron chi connectivity index (χ1n) is 5.11. The number of ketones is 1. The molecule has 0 heterocycles. The van der Waals surface area contributed by atoms with E-state index >= 15 is 0 Å². The van der Waals surface area contributed by atoms with Crippen LogP contribution >= 0.6 is 0 Å². The largest absolute Gasteiger partial charge is 0.427 e. The molecule has 0 radical (unpaired) electrons. The van der Waals surface area contributed by atoms with Gasteiger partial charge in [0.25, 0.3) is 0 Å². The molecule has 0 aromatic heterocycles. The van der Waals surface area contributed by atoms with Crippen LogP contribution in [0.5, 0.6) is 5.75 Å². The van der Waals surface area contributed by atoms with Crippen LogP contribution in [-0.2, 0) is 16.1 Å². The molecule has 0 saturated heterocycles. The van der Waals surface area contributed by atoms with Gasteiger partial charge in [-0.3, -0.25) is 4.79 Å². The third-order valence-electron chi connectivity index (χ3n) is 2.07. The second-order valence-corrected chi connectivity index (χ2v) is 3.52. The van der Waals surface area contributed by atoms with Crippen LogP contribution < -0.4 is 10.5 Å². The highest BCUT2D eigenvalue weighted by molar-refractivity contribution is 5.81. The lowest BCUT2D eigenvalue weighted by molar-refractivity contribution is -0.135. The van der Waals surface area contributed by atoms with E-state index < -0.39 is 5.97 Å². The Morgan fingerprint density at radius 3 is 2.31 bits per heavy atom. The molecular formula is C12H15NO3. The Hall–Kier alpha value is -1.68. The van der Waals surface area contributed by atoms with Crippen molar-refractivity contribution in [3.8, 4) is 5.75 Å². The van der Waals surface area contributed by atoms with Gasteiger partial charge in [-0.15, -0.1) is 0 Å². The summed E-state index contributed by atoms with van der Waals surface area (Å²) in [6, 6.07) is 6.98. The van der Waals surface area contributed by atoms with E-state index in [0.29, 0.717) is 12.3 Å². The number of ether oxygens (including phenoxy) is 1. The molecular weight excluding hydrogens is 206 g/mol. The fourth-order valence-electron chi connectivity index (χ4n) is 1.15. The summed E-state index contributed by atoms with van der Waals surface area (Å²) in [4.78, 5) is 21.9. The van der Waals surface area contributed by atoms with E-state index in [1.54, 1.807) is 24.3 Å². The number of esters is 1. The first kappa shape index (κ1) is 12.4. The molecule has 0 unspecified atom stereocenters. The zero-order valence-corrected chi connectivity index (χ0v) is 9.23. The van der Waals surface area contributed by atoms with E-state index in [1.165, 1.54) is 6.92 Å². The third-order valence-corrected chi connectivity index (χ3v) is 2.07. The molecule has 0 spiro atoms. The number of hydrogen-bond acceptors (Lipinski definition) is 4. The van der Waals surface area contributed by atoms with Gasteiger partial charge in [0.15, 0.2) is 0 Å². The number of benzene rings is 1. The minimum Gasteiger partial charge on any atom is -0.427 e. The van der Waals surface area contributed by atoms with Gasteiger partial charge < -0.3 is 15.3 Å². The Morgan fingerprint density at radius 1 is 1.19 bits per heavy atom. The first-order valence-corrected chi connectivity index (χ1v) is 5.11. The van der Waals surface area contributed by atoms with Crippen LogP contribution in [-0.4, -0.2) is 11.8 Å². The molecule has 0 atom stereocenters. The average molecular weight is 221 g/mol. The van der Waals surface area contributed by atoms with Crippen LogP contribution in [0.25, 0.3) is 0 Å². The molecule has 0 aliphatic rings. The highest BCUT2D eigenvalue weighted by Gasteiger charge is 2.06. The number of carbonyl (C=O) groups excluding carboxylic acids is 2. The summed E-state index contributed by atoms with van der Waals surface area (Å²) in [5, 5.41) is 0.